The molecular weight excluding hydrogens is 210 g/mol. The zero-order valence-electron chi connectivity index (χ0n) is 10.7. The van der Waals surface area contributed by atoms with Gasteiger partial charge in [-0.3, -0.25) is 0 Å². The van der Waals surface area contributed by atoms with Crippen molar-refractivity contribution in [1.82, 2.24) is 9.55 Å². The van der Waals surface area contributed by atoms with Gasteiger partial charge < -0.3 is 10.3 Å². The molecule has 0 aromatic carbocycles. The third-order valence-electron chi connectivity index (χ3n) is 3.08. The number of nitrogens with two attached hydrogens (primary N) is 1. The normalized spacial score (nSPS) is 11.5. The van der Waals surface area contributed by atoms with Crippen LogP contribution in [-0.2, 0) is 13.0 Å². The third-order valence-corrected chi connectivity index (χ3v) is 3.08. The lowest BCUT2D eigenvalue weighted by molar-refractivity contribution is 0.522. The molecule has 3 heteroatoms. The van der Waals surface area contributed by atoms with Crippen molar-refractivity contribution >= 4 is 11.0 Å². The molecule has 0 fully saturated rings. The lowest BCUT2D eigenvalue weighted by atomic mass is 10.1. The largest absolute Gasteiger partial charge is 0.332 e. The Morgan fingerprint density at radius 3 is 2.94 bits per heavy atom. The van der Waals surface area contributed by atoms with Crippen LogP contribution < -0.4 is 5.73 Å². The minimum absolute atomic E-state index is 0.693. The van der Waals surface area contributed by atoms with Gasteiger partial charge in [0, 0.05) is 24.3 Å². The molecule has 2 heterocycles. The van der Waals surface area contributed by atoms with Crippen LogP contribution in [0, 0.1) is 5.92 Å². The van der Waals surface area contributed by atoms with Crippen LogP contribution in [0.4, 0.5) is 0 Å². The predicted octanol–water partition coefficient (Wildman–Crippen LogP) is 2.58. The summed E-state index contributed by atoms with van der Waals surface area (Å²) < 4.78 is 2.26. The monoisotopic (exact) mass is 231 g/mol. The highest BCUT2D eigenvalue weighted by Crippen LogP contribution is 2.20. The minimum atomic E-state index is 0.693. The lowest BCUT2D eigenvalue weighted by Gasteiger charge is -2.06. The van der Waals surface area contributed by atoms with Crippen molar-refractivity contribution < 1.29 is 0 Å². The number of aryl methyl sites for hydroxylation is 1. The molecule has 0 aliphatic rings. The van der Waals surface area contributed by atoms with Crippen molar-refractivity contribution in [3.05, 3.63) is 30.1 Å². The fourth-order valence-corrected chi connectivity index (χ4v) is 2.12. The maximum atomic E-state index is 5.65. The summed E-state index contributed by atoms with van der Waals surface area (Å²) >= 11 is 0. The summed E-state index contributed by atoms with van der Waals surface area (Å²) in [7, 11) is 0. The summed E-state index contributed by atoms with van der Waals surface area (Å²) in [4.78, 5) is 4.48. The van der Waals surface area contributed by atoms with E-state index >= 15 is 0 Å². The summed E-state index contributed by atoms with van der Waals surface area (Å²) in [6, 6.07) is 4.13. The molecule has 2 aromatic heterocycles. The van der Waals surface area contributed by atoms with Crippen molar-refractivity contribution in [1.29, 1.82) is 0 Å². The van der Waals surface area contributed by atoms with Gasteiger partial charge in [-0.15, -0.1) is 0 Å². The van der Waals surface area contributed by atoms with E-state index in [4.69, 9.17) is 5.73 Å². The fraction of sp³-hybridized carbons (Fsp3) is 0.500. The second-order valence-corrected chi connectivity index (χ2v) is 4.94. The fourth-order valence-electron chi connectivity index (χ4n) is 2.12. The molecule has 0 bridgehead atoms. The summed E-state index contributed by atoms with van der Waals surface area (Å²) in [5.41, 5.74) is 8.07. The average molecular weight is 231 g/mol. The van der Waals surface area contributed by atoms with Gasteiger partial charge in [0.1, 0.15) is 5.65 Å². The molecule has 2 aromatic rings. The molecule has 3 nitrogen and oxygen atoms in total. The van der Waals surface area contributed by atoms with E-state index in [1.165, 1.54) is 17.4 Å². The van der Waals surface area contributed by atoms with E-state index < -0.39 is 0 Å². The molecule has 2 N–H and O–H groups in total. The molecule has 0 saturated carbocycles. The van der Waals surface area contributed by atoms with Crippen LogP contribution >= 0.6 is 0 Å². The molecule has 0 aliphatic heterocycles. The topological polar surface area (TPSA) is 43.8 Å². The van der Waals surface area contributed by atoms with Gasteiger partial charge in [0.25, 0.3) is 0 Å². The van der Waals surface area contributed by atoms with E-state index in [0.29, 0.717) is 12.5 Å². The van der Waals surface area contributed by atoms with Crippen LogP contribution in [0.1, 0.15) is 25.8 Å². The number of pyridine rings is 1. The Morgan fingerprint density at radius 1 is 1.41 bits per heavy atom. The Kier molecular flexibility index (Phi) is 3.79. The smallest absolute Gasteiger partial charge is 0.140 e. The van der Waals surface area contributed by atoms with Crippen LogP contribution in [0.25, 0.3) is 11.0 Å². The van der Waals surface area contributed by atoms with Crippen molar-refractivity contribution in [2.75, 3.05) is 6.54 Å². The van der Waals surface area contributed by atoms with Crippen LogP contribution in [0.3, 0.4) is 0 Å². The van der Waals surface area contributed by atoms with E-state index in [0.717, 1.165) is 18.6 Å². The van der Waals surface area contributed by atoms with Gasteiger partial charge in [0.05, 0.1) is 0 Å². The summed E-state index contributed by atoms with van der Waals surface area (Å²) in [6.07, 6.45) is 6.19. The van der Waals surface area contributed by atoms with E-state index in [1.54, 1.807) is 0 Å². The first-order chi connectivity index (χ1) is 8.22. The number of nitrogens with zero attached hydrogens (tertiary/aromatic N) is 2. The number of rotatable bonds is 5. The standard InChI is InChI=1S/C14H21N3/c1-11(2)6-9-17-10-12(5-7-15)13-4-3-8-16-14(13)17/h3-4,8,10-11H,5-7,9,15H2,1-2H3. The van der Waals surface area contributed by atoms with Crippen molar-refractivity contribution in [3.8, 4) is 0 Å². The SMILES string of the molecule is CC(C)CCn1cc(CCN)c2cccnc21. The Balaban J connectivity index is 2.34. The first-order valence-electron chi connectivity index (χ1n) is 6.35. The highest BCUT2D eigenvalue weighted by molar-refractivity contribution is 5.80. The highest BCUT2D eigenvalue weighted by Gasteiger charge is 2.08. The zero-order chi connectivity index (χ0) is 12.3. The molecule has 17 heavy (non-hydrogen) atoms. The minimum Gasteiger partial charge on any atom is -0.332 e. The van der Waals surface area contributed by atoms with Gasteiger partial charge in [-0.2, -0.15) is 0 Å². The number of hydrogen-bond donors (Lipinski definition) is 1. The molecule has 0 radical (unpaired) electrons. The van der Waals surface area contributed by atoms with Crippen molar-refractivity contribution in [3.63, 3.8) is 0 Å². The maximum Gasteiger partial charge on any atom is 0.140 e. The van der Waals surface area contributed by atoms with Crippen molar-refractivity contribution in [2.24, 2.45) is 11.7 Å². The Labute approximate surface area is 103 Å². The third kappa shape index (κ3) is 2.67. The molecule has 92 valence electrons. The van der Waals surface area contributed by atoms with Gasteiger partial charge >= 0.3 is 0 Å². The van der Waals surface area contributed by atoms with Crippen molar-refractivity contribution in [2.45, 2.75) is 33.2 Å². The van der Waals surface area contributed by atoms with Crippen LogP contribution in [-0.4, -0.2) is 16.1 Å². The second-order valence-electron chi connectivity index (χ2n) is 4.94. The molecular formula is C14H21N3. The summed E-state index contributed by atoms with van der Waals surface area (Å²) in [5, 5.41) is 1.25. The Bertz CT molecular complexity index is 485. The Morgan fingerprint density at radius 2 is 2.24 bits per heavy atom. The van der Waals surface area contributed by atoms with Crippen LogP contribution in [0.15, 0.2) is 24.5 Å². The number of aromatic nitrogens is 2. The second kappa shape index (κ2) is 5.32. The summed E-state index contributed by atoms with van der Waals surface area (Å²) in [6.45, 7) is 6.23. The highest BCUT2D eigenvalue weighted by atomic mass is 15.0. The maximum absolute atomic E-state index is 5.65. The number of hydrogen-bond acceptors (Lipinski definition) is 2. The summed E-state index contributed by atoms with van der Waals surface area (Å²) in [5.74, 6) is 0.717. The number of fused-ring (bicyclic) bond motifs is 1. The molecule has 0 aliphatic carbocycles. The molecule has 0 atom stereocenters. The molecule has 0 amide bonds. The lowest BCUT2D eigenvalue weighted by Crippen LogP contribution is -2.02. The van der Waals surface area contributed by atoms with Crippen LogP contribution in [0.5, 0.6) is 0 Å². The first kappa shape index (κ1) is 12.1. The van der Waals surface area contributed by atoms with Gasteiger partial charge in [-0.1, -0.05) is 13.8 Å². The first-order valence-corrected chi connectivity index (χ1v) is 6.35. The molecule has 0 spiro atoms. The van der Waals surface area contributed by atoms with E-state index in [9.17, 15) is 0 Å². The van der Waals surface area contributed by atoms with Gasteiger partial charge in [0.15, 0.2) is 0 Å². The molecule has 2 rings (SSSR count). The van der Waals surface area contributed by atoms with E-state index in [-0.39, 0.29) is 0 Å². The Hall–Kier alpha value is -1.35. The molecule has 0 saturated heterocycles. The van der Waals surface area contributed by atoms with E-state index in [2.05, 4.69) is 35.7 Å². The quantitative estimate of drug-likeness (QED) is 0.859. The van der Waals surface area contributed by atoms with Gasteiger partial charge in [-0.25, -0.2) is 4.98 Å². The van der Waals surface area contributed by atoms with Gasteiger partial charge in [-0.05, 0) is 43.0 Å². The average Bonchev–Trinajstić information content (AvgIpc) is 2.66. The van der Waals surface area contributed by atoms with Gasteiger partial charge in [0.2, 0.25) is 0 Å². The van der Waals surface area contributed by atoms with Crippen LogP contribution in [0.2, 0.25) is 0 Å². The predicted molar refractivity (Wildman–Crippen MR) is 71.9 cm³/mol. The van der Waals surface area contributed by atoms with E-state index in [1.807, 2.05) is 12.3 Å². The zero-order valence-corrected chi connectivity index (χ0v) is 10.7. The molecule has 0 unspecified atom stereocenters.